The monoisotopic (exact) mass is 748 g/mol. The zero-order valence-electron chi connectivity index (χ0n) is 27.7. The summed E-state index contributed by atoms with van der Waals surface area (Å²) in [6, 6.07) is 17.9. The Labute approximate surface area is 304 Å². The lowest BCUT2D eigenvalue weighted by Crippen LogP contribution is -2.49. The molecule has 0 aliphatic carbocycles. The number of benzene rings is 3. The van der Waals surface area contributed by atoms with Gasteiger partial charge in [-0.05, 0) is 60.4 Å². The third kappa shape index (κ3) is 11.8. The van der Waals surface area contributed by atoms with Crippen LogP contribution in [0.4, 0.5) is 28.0 Å². The van der Waals surface area contributed by atoms with Gasteiger partial charge in [-0.1, -0.05) is 72.4 Å². The van der Waals surface area contributed by atoms with E-state index >= 15 is 4.39 Å². The van der Waals surface area contributed by atoms with Crippen molar-refractivity contribution in [3.05, 3.63) is 135 Å². The first-order chi connectivity index (χ1) is 24.4. The number of rotatable bonds is 15. The highest BCUT2D eigenvalue weighted by atomic mass is 35.5. The van der Waals surface area contributed by atoms with Gasteiger partial charge in [0.25, 0.3) is 0 Å². The van der Waals surface area contributed by atoms with Crippen LogP contribution < -0.4 is 21.3 Å². The van der Waals surface area contributed by atoms with E-state index in [1.165, 1.54) is 13.2 Å². The van der Waals surface area contributed by atoms with Crippen molar-refractivity contribution < 1.29 is 36.6 Å². The molecule has 1 amide bonds. The minimum Gasteiger partial charge on any atom is -0.472 e. The smallest absolute Gasteiger partial charge is 0.407 e. The number of carbonyl (C=O) groups is 1. The van der Waals surface area contributed by atoms with Gasteiger partial charge < -0.3 is 35.5 Å². The molecule has 51 heavy (non-hydrogen) atoms. The number of anilines is 1. The Bertz CT molecular complexity index is 1670. The average Bonchev–Trinajstić information content (AvgIpc) is 3.11. The fourth-order valence-electron chi connectivity index (χ4n) is 5.53. The number of halogens is 6. The molecule has 1 aliphatic rings. The summed E-state index contributed by atoms with van der Waals surface area (Å²) in [6.07, 6.45) is -4.68. The molecule has 1 aliphatic heterocycles. The Kier molecular flexibility index (Phi) is 14.5. The van der Waals surface area contributed by atoms with Gasteiger partial charge in [-0.15, -0.1) is 5.73 Å². The van der Waals surface area contributed by atoms with Gasteiger partial charge in [-0.2, -0.15) is 13.2 Å². The molecule has 8 nitrogen and oxygen atoms in total. The van der Waals surface area contributed by atoms with Gasteiger partial charge in [0.15, 0.2) is 0 Å². The predicted molar refractivity (Wildman–Crippen MR) is 189 cm³/mol. The molecular formula is C37H38Cl2F4N4O4. The topological polar surface area (TPSA) is 92.9 Å². The first kappa shape index (κ1) is 39.4. The highest BCUT2D eigenvalue weighted by molar-refractivity contribution is 6.30. The third-order valence-electron chi connectivity index (χ3n) is 8.06. The van der Waals surface area contributed by atoms with Gasteiger partial charge >= 0.3 is 12.3 Å². The maximum absolute atomic E-state index is 15.4. The molecule has 272 valence electrons. The zero-order valence-corrected chi connectivity index (χ0v) is 29.2. The van der Waals surface area contributed by atoms with Gasteiger partial charge in [0.2, 0.25) is 5.88 Å². The summed E-state index contributed by atoms with van der Waals surface area (Å²) in [5.74, 6) is -1.16. The van der Waals surface area contributed by atoms with Crippen molar-refractivity contribution in [1.29, 1.82) is 0 Å². The predicted octanol–water partition coefficient (Wildman–Crippen LogP) is 7.85. The minimum absolute atomic E-state index is 0.0291. The maximum Gasteiger partial charge on any atom is 0.407 e. The van der Waals surface area contributed by atoms with Crippen molar-refractivity contribution in [3.63, 3.8) is 0 Å². The largest absolute Gasteiger partial charge is 0.472 e. The number of morpholine rings is 1. The van der Waals surface area contributed by atoms with Crippen LogP contribution in [-0.2, 0) is 20.6 Å². The van der Waals surface area contributed by atoms with E-state index in [4.69, 9.17) is 37.4 Å². The molecule has 0 saturated carbocycles. The van der Waals surface area contributed by atoms with Crippen molar-refractivity contribution >= 4 is 35.0 Å². The molecule has 0 aromatic heterocycles. The summed E-state index contributed by atoms with van der Waals surface area (Å²) in [7, 11) is 1.25. The van der Waals surface area contributed by atoms with Crippen LogP contribution in [0.3, 0.4) is 0 Å². The van der Waals surface area contributed by atoms with E-state index < -0.39 is 36.6 Å². The number of alkyl carbamates (subject to hydrolysis) is 1. The van der Waals surface area contributed by atoms with Crippen molar-refractivity contribution in [2.45, 2.75) is 43.1 Å². The van der Waals surface area contributed by atoms with Gasteiger partial charge in [-0.3, -0.25) is 0 Å². The average molecular weight is 750 g/mol. The van der Waals surface area contributed by atoms with E-state index in [0.717, 1.165) is 11.1 Å². The lowest BCUT2D eigenvalue weighted by Gasteiger charge is -2.31. The number of ether oxygens (including phenoxy) is 3. The van der Waals surface area contributed by atoms with E-state index in [-0.39, 0.29) is 37.7 Å². The Balaban J connectivity index is 1.49. The molecule has 0 radical (unpaired) electrons. The van der Waals surface area contributed by atoms with Gasteiger partial charge in [-0.25, -0.2) is 9.18 Å². The molecule has 0 unspecified atom stereocenters. The molecule has 1 saturated heterocycles. The zero-order chi connectivity index (χ0) is 37.0. The lowest BCUT2D eigenvalue weighted by atomic mass is 9.83. The normalized spacial score (nSPS) is 16.3. The summed E-state index contributed by atoms with van der Waals surface area (Å²) in [5, 5.41) is 12.6. The Morgan fingerprint density at radius 1 is 1.04 bits per heavy atom. The summed E-state index contributed by atoms with van der Waals surface area (Å²) < 4.78 is 69.3. The fraction of sp³-hybridized carbons (Fsp3) is 0.324. The molecule has 1 heterocycles. The van der Waals surface area contributed by atoms with Crippen molar-refractivity contribution in [2.75, 3.05) is 38.7 Å². The van der Waals surface area contributed by atoms with Crippen LogP contribution >= 0.6 is 23.2 Å². The van der Waals surface area contributed by atoms with Crippen LogP contribution in [0.25, 0.3) is 0 Å². The van der Waals surface area contributed by atoms with E-state index in [2.05, 4.69) is 45.9 Å². The minimum atomic E-state index is -4.42. The van der Waals surface area contributed by atoms with Crippen LogP contribution in [-0.4, -0.2) is 63.9 Å². The number of carbonyl (C=O) groups excluding carboxylic acids is 1. The lowest BCUT2D eigenvalue weighted by molar-refractivity contribution is -0.125. The molecule has 4 N–H and O–H groups in total. The van der Waals surface area contributed by atoms with Crippen LogP contribution in [0.1, 0.15) is 29.0 Å². The molecule has 1 fully saturated rings. The Morgan fingerprint density at radius 2 is 1.69 bits per heavy atom. The quantitative estimate of drug-likeness (QED) is 0.0715. The first-order valence-electron chi connectivity index (χ1n) is 15.9. The van der Waals surface area contributed by atoms with Crippen LogP contribution in [0, 0.1) is 5.82 Å². The highest BCUT2D eigenvalue weighted by Gasteiger charge is 2.32. The van der Waals surface area contributed by atoms with Crippen molar-refractivity contribution in [2.24, 2.45) is 0 Å². The number of hydrogen-bond donors (Lipinski definition) is 4. The number of amides is 1. The van der Waals surface area contributed by atoms with Crippen LogP contribution in [0.15, 0.2) is 103 Å². The number of alkyl halides is 3. The standard InChI is InChI=1S/C37H38Cl2F4N4O4/c1-4-31(35(47-36(48)49-3)34(23-9-13-25(38)14-10-23)24-11-15-26(39)16-12-24)46-32-8-6-7-30(40)29(32)18-17-28-19-44-27(20-50-28)21-51-33(5-2)45-22-37(41,42)43/h6-16,27-28,34-35,44-46H,1-2,17-22H2,3H3,(H,47,48)/t27-,28+,35+/m0/s1. The summed E-state index contributed by atoms with van der Waals surface area (Å²) in [4.78, 5) is 12.7. The molecular weight excluding hydrogens is 711 g/mol. The first-order valence-corrected chi connectivity index (χ1v) is 16.6. The molecule has 0 bridgehead atoms. The number of nitrogens with one attached hydrogen (secondary N) is 4. The SMILES string of the molecule is C=C=C(NCC(F)(F)F)OC[C@@H]1CO[C@H](CCc2c(F)cccc2NC(=C=C)[C@@H](NC(=O)OC)C(c2ccc(Cl)cc2)c2ccc(Cl)cc2)CN1. The van der Waals surface area contributed by atoms with E-state index in [1.54, 1.807) is 36.4 Å². The van der Waals surface area contributed by atoms with Gasteiger partial charge in [0, 0.05) is 33.8 Å². The fourth-order valence-corrected chi connectivity index (χ4v) is 5.78. The van der Waals surface area contributed by atoms with Crippen LogP contribution in [0.2, 0.25) is 10.0 Å². The van der Waals surface area contributed by atoms with E-state index in [0.29, 0.717) is 40.0 Å². The summed E-state index contributed by atoms with van der Waals surface area (Å²) in [5.41, 5.74) is 7.99. The maximum atomic E-state index is 15.4. The van der Waals surface area contributed by atoms with Crippen LogP contribution in [0.5, 0.6) is 0 Å². The molecule has 3 atom stereocenters. The second-order valence-electron chi connectivity index (χ2n) is 11.6. The number of hydrogen-bond acceptors (Lipinski definition) is 7. The Morgan fingerprint density at radius 3 is 2.22 bits per heavy atom. The highest BCUT2D eigenvalue weighted by Crippen LogP contribution is 2.34. The van der Waals surface area contributed by atoms with Gasteiger partial charge in [0.1, 0.15) is 19.0 Å². The molecule has 14 heteroatoms. The molecule has 3 aromatic rings. The second kappa shape index (κ2) is 18.7. The van der Waals surface area contributed by atoms with E-state index in [1.807, 2.05) is 24.3 Å². The summed E-state index contributed by atoms with van der Waals surface area (Å²) in [6.45, 7) is 6.62. The molecule has 4 rings (SSSR count). The second-order valence-corrected chi connectivity index (χ2v) is 12.4. The molecule has 0 spiro atoms. The molecule has 3 aromatic carbocycles. The van der Waals surface area contributed by atoms with Crippen molar-refractivity contribution in [1.82, 2.24) is 16.0 Å². The van der Waals surface area contributed by atoms with Crippen molar-refractivity contribution in [3.8, 4) is 0 Å². The summed E-state index contributed by atoms with van der Waals surface area (Å²) >= 11 is 12.4. The number of methoxy groups -OCH3 is 1. The van der Waals surface area contributed by atoms with Gasteiger partial charge in [0.05, 0.1) is 37.6 Å². The third-order valence-corrected chi connectivity index (χ3v) is 8.57. The Hall–Kier alpha value is -4.41. The van der Waals surface area contributed by atoms with E-state index in [9.17, 15) is 18.0 Å².